The van der Waals surface area contributed by atoms with Gasteiger partial charge in [-0.05, 0) is 31.4 Å². The van der Waals surface area contributed by atoms with Gasteiger partial charge in [0.2, 0.25) is 0 Å². The second-order valence-electron chi connectivity index (χ2n) is 4.83. The quantitative estimate of drug-likeness (QED) is 0.840. The smallest absolute Gasteiger partial charge is 0.272 e. The molecule has 0 saturated heterocycles. The third-order valence-corrected chi connectivity index (χ3v) is 3.37. The summed E-state index contributed by atoms with van der Waals surface area (Å²) in [5.74, 6) is 0.905. The summed E-state index contributed by atoms with van der Waals surface area (Å²) in [6.07, 6.45) is 5.97. The Labute approximate surface area is 94.1 Å². The van der Waals surface area contributed by atoms with Gasteiger partial charge in [-0.1, -0.05) is 12.8 Å². The fourth-order valence-electron chi connectivity index (χ4n) is 2.29. The molecule has 0 aromatic carbocycles. The molecule has 2 aromatic heterocycles. The zero-order valence-corrected chi connectivity index (χ0v) is 9.49. The van der Waals surface area contributed by atoms with Gasteiger partial charge in [0, 0.05) is 23.8 Å². The van der Waals surface area contributed by atoms with Crippen molar-refractivity contribution in [3.8, 4) is 0 Å². The lowest BCUT2D eigenvalue weighted by atomic mass is 10.2. The predicted molar refractivity (Wildman–Crippen MR) is 64.6 cm³/mol. The van der Waals surface area contributed by atoms with Crippen molar-refractivity contribution in [2.45, 2.75) is 32.7 Å². The van der Waals surface area contributed by atoms with Gasteiger partial charge in [0.15, 0.2) is 0 Å². The molecule has 0 aliphatic heterocycles. The maximum Gasteiger partial charge on any atom is 0.272 e. The van der Waals surface area contributed by atoms with E-state index in [4.69, 9.17) is 0 Å². The summed E-state index contributed by atoms with van der Waals surface area (Å²) >= 11 is 0. The summed E-state index contributed by atoms with van der Waals surface area (Å²) in [6, 6.07) is 4.06. The van der Waals surface area contributed by atoms with E-state index in [2.05, 4.69) is 9.55 Å². The van der Waals surface area contributed by atoms with E-state index in [0.29, 0.717) is 0 Å². The van der Waals surface area contributed by atoms with Gasteiger partial charge in [0.05, 0.1) is 0 Å². The number of aryl methyl sites for hydroxylation is 2. The van der Waals surface area contributed by atoms with Gasteiger partial charge in [0.1, 0.15) is 5.52 Å². The van der Waals surface area contributed by atoms with E-state index in [0.717, 1.165) is 29.1 Å². The van der Waals surface area contributed by atoms with Crippen LogP contribution in [0.15, 0.2) is 23.1 Å². The van der Waals surface area contributed by atoms with Gasteiger partial charge in [0.25, 0.3) is 5.56 Å². The summed E-state index contributed by atoms with van der Waals surface area (Å²) < 4.78 is 2.09. The van der Waals surface area contributed by atoms with Crippen molar-refractivity contribution in [3.05, 3.63) is 34.4 Å². The summed E-state index contributed by atoms with van der Waals surface area (Å²) in [4.78, 5) is 14.7. The number of aromatic amines is 1. The van der Waals surface area contributed by atoms with E-state index in [1.165, 1.54) is 19.3 Å². The highest BCUT2D eigenvalue weighted by Gasteiger charge is 2.21. The Morgan fingerprint density at radius 3 is 3.06 bits per heavy atom. The Bertz CT molecular complexity index is 575. The molecule has 0 atom stereocenters. The highest BCUT2D eigenvalue weighted by molar-refractivity contribution is 5.79. The Morgan fingerprint density at radius 1 is 1.50 bits per heavy atom. The number of fused-ring (bicyclic) bond motifs is 1. The molecule has 3 heteroatoms. The van der Waals surface area contributed by atoms with Crippen LogP contribution in [-0.4, -0.2) is 9.55 Å². The molecule has 3 rings (SSSR count). The zero-order chi connectivity index (χ0) is 11.1. The van der Waals surface area contributed by atoms with Crippen molar-refractivity contribution in [2.24, 2.45) is 5.92 Å². The largest absolute Gasteiger partial charge is 0.343 e. The van der Waals surface area contributed by atoms with Crippen molar-refractivity contribution >= 4 is 10.9 Å². The molecule has 2 aromatic rings. The van der Waals surface area contributed by atoms with E-state index < -0.39 is 0 Å². The topological polar surface area (TPSA) is 37.8 Å². The summed E-state index contributed by atoms with van der Waals surface area (Å²) in [7, 11) is 0. The van der Waals surface area contributed by atoms with Gasteiger partial charge in [-0.3, -0.25) is 4.79 Å². The van der Waals surface area contributed by atoms with E-state index >= 15 is 0 Å². The van der Waals surface area contributed by atoms with Crippen molar-refractivity contribution in [1.29, 1.82) is 0 Å². The third-order valence-electron chi connectivity index (χ3n) is 3.37. The Hall–Kier alpha value is -1.51. The van der Waals surface area contributed by atoms with Crippen LogP contribution in [0.3, 0.4) is 0 Å². The van der Waals surface area contributed by atoms with Crippen molar-refractivity contribution in [1.82, 2.24) is 9.55 Å². The highest BCUT2D eigenvalue weighted by Crippen LogP contribution is 2.33. The second kappa shape index (κ2) is 3.51. The van der Waals surface area contributed by atoms with Crippen molar-refractivity contribution in [2.75, 3.05) is 0 Å². The third kappa shape index (κ3) is 1.66. The first-order chi connectivity index (χ1) is 7.74. The molecule has 3 nitrogen and oxygen atoms in total. The van der Waals surface area contributed by atoms with Gasteiger partial charge >= 0.3 is 0 Å². The van der Waals surface area contributed by atoms with E-state index in [9.17, 15) is 4.79 Å². The van der Waals surface area contributed by atoms with Gasteiger partial charge in [-0.2, -0.15) is 0 Å². The second-order valence-corrected chi connectivity index (χ2v) is 4.83. The molecule has 1 saturated carbocycles. The molecule has 1 N–H and O–H groups in total. The average molecular weight is 216 g/mol. The molecule has 2 heterocycles. The van der Waals surface area contributed by atoms with Gasteiger partial charge in [-0.15, -0.1) is 0 Å². The van der Waals surface area contributed by atoms with Crippen LogP contribution in [0, 0.1) is 12.8 Å². The van der Waals surface area contributed by atoms with Crippen LogP contribution in [0.5, 0.6) is 0 Å². The molecular weight excluding hydrogens is 200 g/mol. The predicted octanol–water partition coefficient (Wildman–Crippen LogP) is 2.44. The Kier molecular flexibility index (Phi) is 2.13. The molecule has 0 radical (unpaired) electrons. The summed E-state index contributed by atoms with van der Waals surface area (Å²) in [5, 5.41) is 1.05. The molecule has 0 bridgehead atoms. The molecule has 16 heavy (non-hydrogen) atoms. The van der Waals surface area contributed by atoms with Crippen LogP contribution in [0.1, 0.15) is 25.0 Å². The maximum atomic E-state index is 11.9. The van der Waals surface area contributed by atoms with Crippen molar-refractivity contribution < 1.29 is 0 Å². The summed E-state index contributed by atoms with van der Waals surface area (Å²) in [6.45, 7) is 2.89. The molecule has 1 aliphatic carbocycles. The Morgan fingerprint density at radius 2 is 2.31 bits per heavy atom. The minimum atomic E-state index is 0.0378. The van der Waals surface area contributed by atoms with Gasteiger partial charge < -0.3 is 9.55 Å². The lowest BCUT2D eigenvalue weighted by Crippen LogP contribution is -2.12. The minimum absolute atomic E-state index is 0.0378. The fourth-order valence-corrected chi connectivity index (χ4v) is 2.29. The summed E-state index contributed by atoms with van der Waals surface area (Å²) in [5.41, 5.74) is 1.79. The number of H-pyrrole nitrogens is 1. The number of aromatic nitrogens is 2. The van der Waals surface area contributed by atoms with E-state index in [1.54, 1.807) is 0 Å². The lowest BCUT2D eigenvalue weighted by molar-refractivity contribution is 0.610. The van der Waals surface area contributed by atoms with Crippen molar-refractivity contribution in [3.63, 3.8) is 0 Å². The molecule has 0 spiro atoms. The molecule has 1 aliphatic rings. The molecule has 0 amide bonds. The molecular formula is C13H16N2O. The van der Waals surface area contributed by atoms with E-state index in [-0.39, 0.29) is 5.56 Å². The monoisotopic (exact) mass is 216 g/mol. The zero-order valence-electron chi connectivity index (χ0n) is 9.49. The molecule has 1 fully saturated rings. The number of hydrogen-bond acceptors (Lipinski definition) is 1. The normalized spacial score (nSPS) is 15.8. The number of hydrogen-bond donors (Lipinski definition) is 1. The first kappa shape index (κ1) is 9.70. The van der Waals surface area contributed by atoms with Crippen LogP contribution >= 0.6 is 0 Å². The number of rotatable bonds is 3. The SMILES string of the molecule is Cc1cc2ccn(CCC3CC3)c2c(=O)[nH]1. The average Bonchev–Trinajstić information content (AvgIpc) is 2.96. The number of nitrogens with zero attached hydrogens (tertiary/aromatic N) is 1. The minimum Gasteiger partial charge on any atom is -0.343 e. The molecule has 0 unspecified atom stereocenters. The van der Waals surface area contributed by atoms with Crippen LogP contribution in [-0.2, 0) is 6.54 Å². The first-order valence-electron chi connectivity index (χ1n) is 5.93. The lowest BCUT2D eigenvalue weighted by Gasteiger charge is -2.03. The first-order valence-corrected chi connectivity index (χ1v) is 5.93. The van der Waals surface area contributed by atoms with Crippen LogP contribution < -0.4 is 5.56 Å². The Balaban J connectivity index is 2.01. The highest BCUT2D eigenvalue weighted by atomic mass is 16.1. The maximum absolute atomic E-state index is 11.9. The van der Waals surface area contributed by atoms with Crippen LogP contribution in [0.25, 0.3) is 10.9 Å². The molecule has 84 valence electrons. The fraction of sp³-hybridized carbons (Fsp3) is 0.462. The van der Waals surface area contributed by atoms with Crippen LogP contribution in [0.2, 0.25) is 0 Å². The standard InChI is InChI=1S/C13H16N2O/c1-9-8-11-5-7-15(6-4-10-2-3-10)12(11)13(16)14-9/h5,7-8,10H,2-4,6H2,1H3,(H,14,16). The number of nitrogens with one attached hydrogen (secondary N) is 1. The van der Waals surface area contributed by atoms with E-state index in [1.807, 2.05) is 25.3 Å². The van der Waals surface area contributed by atoms with Crippen LogP contribution in [0.4, 0.5) is 0 Å². The number of pyridine rings is 1. The van der Waals surface area contributed by atoms with Gasteiger partial charge in [-0.25, -0.2) is 0 Å².